The number of carbonyl (C=O) groups excluding carboxylic acids is 2. The number of nitrogens with one attached hydrogen (secondary N) is 1. The van der Waals surface area contributed by atoms with E-state index in [9.17, 15) is 14.0 Å². The number of amides is 3. The number of halogens is 1. The average Bonchev–Trinajstić information content (AvgIpc) is 3.50. The lowest BCUT2D eigenvalue weighted by Crippen LogP contribution is -2.57. The summed E-state index contributed by atoms with van der Waals surface area (Å²) in [6, 6.07) is 13.0. The number of nitrogens with zero attached hydrogens (tertiary/aromatic N) is 1. The second kappa shape index (κ2) is 7.26. The summed E-state index contributed by atoms with van der Waals surface area (Å²) < 4.78 is 13.1. The van der Waals surface area contributed by atoms with E-state index in [4.69, 9.17) is 5.73 Å². The first-order valence-electron chi connectivity index (χ1n) is 9.72. The SMILES string of the molecule is NC(=O)N1c2ccccc2CCCC1(CC(=O)Nc1ccc(F)cc1)C1CC1. The smallest absolute Gasteiger partial charge is 0.319 e. The molecule has 1 fully saturated rings. The van der Waals surface area contributed by atoms with Gasteiger partial charge in [-0.2, -0.15) is 0 Å². The predicted octanol–water partition coefficient (Wildman–Crippen LogP) is 4.22. The van der Waals surface area contributed by atoms with E-state index in [1.165, 1.54) is 24.3 Å². The lowest BCUT2D eigenvalue weighted by atomic mass is 9.82. The topological polar surface area (TPSA) is 75.4 Å². The fourth-order valence-corrected chi connectivity index (χ4v) is 4.55. The molecule has 0 radical (unpaired) electrons. The van der Waals surface area contributed by atoms with Crippen LogP contribution in [0.5, 0.6) is 0 Å². The first-order chi connectivity index (χ1) is 13.5. The van der Waals surface area contributed by atoms with E-state index in [1.807, 2.05) is 24.3 Å². The molecule has 1 atom stereocenters. The standard InChI is InChI=1S/C22H24FN3O2/c23-17-9-11-18(12-10-17)25-20(27)14-22(16-7-8-16)13-3-5-15-4-1-2-6-19(15)26(22)21(24)28/h1-2,4,6,9-12,16H,3,5,7-8,13-14H2,(H2,24,28)(H,25,27). The Hall–Kier alpha value is -2.89. The lowest BCUT2D eigenvalue weighted by Gasteiger charge is -2.43. The van der Waals surface area contributed by atoms with Gasteiger partial charge in [0.1, 0.15) is 5.82 Å². The van der Waals surface area contributed by atoms with Crippen molar-refractivity contribution >= 4 is 23.3 Å². The maximum Gasteiger partial charge on any atom is 0.319 e. The number of benzene rings is 2. The molecule has 2 aliphatic rings. The summed E-state index contributed by atoms with van der Waals surface area (Å²) in [4.78, 5) is 27.2. The van der Waals surface area contributed by atoms with E-state index in [0.29, 0.717) is 5.69 Å². The van der Waals surface area contributed by atoms with Gasteiger partial charge in [0.05, 0.1) is 12.0 Å². The van der Waals surface area contributed by atoms with E-state index in [0.717, 1.165) is 43.4 Å². The van der Waals surface area contributed by atoms with Crippen molar-refractivity contribution in [1.29, 1.82) is 0 Å². The van der Waals surface area contributed by atoms with E-state index in [2.05, 4.69) is 5.32 Å². The number of hydrogen-bond donors (Lipinski definition) is 2. The van der Waals surface area contributed by atoms with Crippen LogP contribution in [0.2, 0.25) is 0 Å². The minimum Gasteiger partial charge on any atom is -0.351 e. The number of para-hydroxylation sites is 1. The molecule has 0 spiro atoms. The van der Waals surface area contributed by atoms with Gasteiger partial charge >= 0.3 is 6.03 Å². The molecule has 5 nitrogen and oxygen atoms in total. The Bertz CT molecular complexity index is 895. The summed E-state index contributed by atoms with van der Waals surface area (Å²) in [5, 5.41) is 2.84. The van der Waals surface area contributed by atoms with Crippen molar-refractivity contribution in [3.63, 3.8) is 0 Å². The van der Waals surface area contributed by atoms with Crippen LogP contribution in [0.25, 0.3) is 0 Å². The van der Waals surface area contributed by atoms with Gasteiger partial charge in [-0.3, -0.25) is 9.69 Å². The molecular formula is C22H24FN3O2. The molecule has 2 aromatic carbocycles. The lowest BCUT2D eigenvalue weighted by molar-refractivity contribution is -0.117. The minimum absolute atomic E-state index is 0.173. The fraction of sp³-hybridized carbons (Fsp3) is 0.364. The molecule has 6 heteroatoms. The van der Waals surface area contributed by atoms with E-state index >= 15 is 0 Å². The van der Waals surface area contributed by atoms with Crippen LogP contribution in [0, 0.1) is 11.7 Å². The number of rotatable bonds is 4. The number of primary amides is 1. The van der Waals surface area contributed by atoms with Crippen LogP contribution >= 0.6 is 0 Å². The molecule has 1 aliphatic heterocycles. The van der Waals surface area contributed by atoms with Crippen LogP contribution in [-0.2, 0) is 11.2 Å². The zero-order chi connectivity index (χ0) is 19.7. The molecule has 4 rings (SSSR count). The number of aryl methyl sites for hydroxylation is 1. The van der Waals surface area contributed by atoms with Crippen LogP contribution in [0.4, 0.5) is 20.6 Å². The summed E-state index contributed by atoms with van der Waals surface area (Å²) in [6.07, 6.45) is 4.61. The van der Waals surface area contributed by atoms with Crippen LogP contribution < -0.4 is 16.0 Å². The van der Waals surface area contributed by atoms with E-state index < -0.39 is 11.6 Å². The minimum atomic E-state index is -0.622. The summed E-state index contributed by atoms with van der Waals surface area (Å²) in [7, 11) is 0. The number of urea groups is 1. The highest BCUT2D eigenvalue weighted by Gasteiger charge is 2.53. The largest absolute Gasteiger partial charge is 0.351 e. The van der Waals surface area contributed by atoms with Gasteiger partial charge in [-0.05, 0) is 73.9 Å². The quantitative estimate of drug-likeness (QED) is 0.832. The monoisotopic (exact) mass is 381 g/mol. The molecule has 1 saturated carbocycles. The van der Waals surface area contributed by atoms with Gasteiger partial charge in [0.25, 0.3) is 0 Å². The first-order valence-corrected chi connectivity index (χ1v) is 9.72. The Kier molecular flexibility index (Phi) is 4.79. The van der Waals surface area contributed by atoms with Crippen molar-refractivity contribution < 1.29 is 14.0 Å². The van der Waals surface area contributed by atoms with Crippen LogP contribution in [0.15, 0.2) is 48.5 Å². The molecule has 146 valence electrons. The summed E-state index contributed by atoms with van der Waals surface area (Å²) in [5.74, 6) is -0.290. The van der Waals surface area contributed by atoms with Crippen molar-refractivity contribution in [3.05, 3.63) is 59.9 Å². The molecule has 0 aromatic heterocycles. The van der Waals surface area contributed by atoms with Crippen molar-refractivity contribution in [3.8, 4) is 0 Å². The Morgan fingerprint density at radius 1 is 1.14 bits per heavy atom. The van der Waals surface area contributed by atoms with Crippen LogP contribution in [0.1, 0.15) is 37.7 Å². The molecule has 3 amide bonds. The maximum atomic E-state index is 13.1. The Balaban J connectivity index is 1.66. The van der Waals surface area contributed by atoms with E-state index in [1.54, 1.807) is 4.90 Å². The molecule has 1 aliphatic carbocycles. The average molecular weight is 381 g/mol. The summed E-state index contributed by atoms with van der Waals surface area (Å²) >= 11 is 0. The first kappa shape index (κ1) is 18.5. The highest BCUT2D eigenvalue weighted by molar-refractivity contribution is 5.97. The van der Waals surface area contributed by atoms with Crippen molar-refractivity contribution in [2.75, 3.05) is 10.2 Å². The number of fused-ring (bicyclic) bond motifs is 1. The zero-order valence-electron chi connectivity index (χ0n) is 15.7. The molecule has 1 unspecified atom stereocenters. The highest BCUT2D eigenvalue weighted by Crippen LogP contribution is 2.51. The van der Waals surface area contributed by atoms with Gasteiger partial charge in [-0.25, -0.2) is 9.18 Å². The maximum absolute atomic E-state index is 13.1. The molecule has 3 N–H and O–H groups in total. The fourth-order valence-electron chi connectivity index (χ4n) is 4.55. The van der Waals surface area contributed by atoms with Crippen LogP contribution in [-0.4, -0.2) is 17.5 Å². The third-order valence-corrected chi connectivity index (χ3v) is 5.89. The van der Waals surface area contributed by atoms with Gasteiger partial charge in [-0.15, -0.1) is 0 Å². The summed E-state index contributed by atoms with van der Waals surface area (Å²) in [6.45, 7) is 0. The van der Waals surface area contributed by atoms with Gasteiger partial charge in [-0.1, -0.05) is 18.2 Å². The van der Waals surface area contributed by atoms with Gasteiger partial charge in [0.2, 0.25) is 5.91 Å². The predicted molar refractivity (Wildman–Crippen MR) is 107 cm³/mol. The molecular weight excluding hydrogens is 357 g/mol. The van der Waals surface area contributed by atoms with Crippen molar-refractivity contribution in [1.82, 2.24) is 0 Å². The zero-order valence-corrected chi connectivity index (χ0v) is 15.7. The molecule has 0 saturated heterocycles. The van der Waals surface area contributed by atoms with Gasteiger partial charge in [0, 0.05) is 11.4 Å². The number of anilines is 2. The second-order valence-corrected chi connectivity index (χ2v) is 7.77. The van der Waals surface area contributed by atoms with E-state index in [-0.39, 0.29) is 24.1 Å². The molecule has 2 aromatic rings. The number of nitrogens with two attached hydrogens (primary N) is 1. The normalized spacial score (nSPS) is 21.5. The Morgan fingerprint density at radius 3 is 2.54 bits per heavy atom. The van der Waals surface area contributed by atoms with Crippen LogP contribution in [0.3, 0.4) is 0 Å². The Morgan fingerprint density at radius 2 is 1.86 bits per heavy atom. The molecule has 0 bridgehead atoms. The van der Waals surface area contributed by atoms with Crippen molar-refractivity contribution in [2.24, 2.45) is 11.7 Å². The second-order valence-electron chi connectivity index (χ2n) is 7.77. The third-order valence-electron chi connectivity index (χ3n) is 5.89. The molecule has 28 heavy (non-hydrogen) atoms. The Labute approximate surface area is 163 Å². The van der Waals surface area contributed by atoms with Crippen molar-refractivity contribution in [2.45, 2.75) is 44.1 Å². The van der Waals surface area contributed by atoms with Gasteiger partial charge < -0.3 is 11.1 Å². The third kappa shape index (κ3) is 3.46. The highest BCUT2D eigenvalue weighted by atomic mass is 19.1. The summed E-state index contributed by atoms with van der Waals surface area (Å²) in [5.41, 5.74) is 7.67. The van der Waals surface area contributed by atoms with Gasteiger partial charge in [0.15, 0.2) is 0 Å². The molecule has 1 heterocycles. The number of hydrogen-bond acceptors (Lipinski definition) is 2. The number of carbonyl (C=O) groups is 2.